The van der Waals surface area contributed by atoms with Gasteiger partial charge in [-0.3, -0.25) is 9.36 Å². The van der Waals surface area contributed by atoms with Crippen LogP contribution in [0.5, 0.6) is 0 Å². The lowest BCUT2D eigenvalue weighted by Gasteiger charge is -2.12. The van der Waals surface area contributed by atoms with Crippen LogP contribution in [-0.2, 0) is 0 Å². The molecular weight excluding hydrogens is 277 g/mol. The zero-order chi connectivity index (χ0) is 14.3. The van der Waals surface area contributed by atoms with Gasteiger partial charge in [-0.2, -0.15) is 0 Å². The summed E-state index contributed by atoms with van der Waals surface area (Å²) in [6.45, 7) is 3.79. The van der Waals surface area contributed by atoms with Gasteiger partial charge in [0.15, 0.2) is 0 Å². The van der Waals surface area contributed by atoms with Crippen molar-refractivity contribution >= 4 is 22.2 Å². The monoisotopic (exact) mass is 289 g/mol. The van der Waals surface area contributed by atoms with Crippen LogP contribution in [0.4, 0.5) is 4.39 Å². The minimum atomic E-state index is -0.438. The maximum Gasteiger partial charge on any atom is 0.261 e. The second-order valence-corrected chi connectivity index (χ2v) is 5.51. The van der Waals surface area contributed by atoms with E-state index in [4.69, 9.17) is 0 Å². The molecule has 0 bridgehead atoms. The molecule has 0 aliphatic rings. The van der Waals surface area contributed by atoms with Gasteiger partial charge in [-0.1, -0.05) is 0 Å². The molecule has 0 aliphatic heterocycles. The highest BCUT2D eigenvalue weighted by Gasteiger charge is 2.15. The molecule has 0 N–H and O–H groups in total. The van der Waals surface area contributed by atoms with Crippen LogP contribution in [0.3, 0.4) is 0 Å². The van der Waals surface area contributed by atoms with Gasteiger partial charge in [-0.05, 0) is 32.0 Å². The van der Waals surface area contributed by atoms with Crippen LogP contribution in [-0.4, -0.2) is 14.5 Å². The minimum absolute atomic E-state index is 0.221. The highest BCUT2D eigenvalue weighted by atomic mass is 32.1. The summed E-state index contributed by atoms with van der Waals surface area (Å²) in [7, 11) is 0. The van der Waals surface area contributed by atoms with E-state index in [0.29, 0.717) is 5.52 Å². The number of hydrogen-bond donors (Lipinski definition) is 0. The van der Waals surface area contributed by atoms with Gasteiger partial charge >= 0.3 is 0 Å². The summed E-state index contributed by atoms with van der Waals surface area (Å²) >= 11 is 1.50. The molecule has 102 valence electrons. The smallest absolute Gasteiger partial charge is 0.261 e. The number of aryl methyl sites for hydroxylation is 1. The molecule has 0 amide bonds. The molecule has 3 rings (SSSR count). The third-order valence-electron chi connectivity index (χ3n) is 3.16. The molecule has 1 atom stereocenters. The van der Waals surface area contributed by atoms with Gasteiger partial charge in [0.2, 0.25) is 0 Å². The van der Waals surface area contributed by atoms with E-state index in [2.05, 4.69) is 9.97 Å². The van der Waals surface area contributed by atoms with Crippen molar-refractivity contribution in [1.29, 1.82) is 0 Å². The van der Waals surface area contributed by atoms with Crippen LogP contribution in [0.25, 0.3) is 10.9 Å². The quantitative estimate of drug-likeness (QED) is 0.729. The summed E-state index contributed by atoms with van der Waals surface area (Å²) in [6, 6.07) is 3.81. The summed E-state index contributed by atoms with van der Waals surface area (Å²) in [4.78, 5) is 21.0. The van der Waals surface area contributed by atoms with E-state index in [-0.39, 0.29) is 17.0 Å². The second-order valence-electron chi connectivity index (χ2n) is 4.62. The van der Waals surface area contributed by atoms with Gasteiger partial charge in [-0.25, -0.2) is 14.4 Å². The zero-order valence-electron chi connectivity index (χ0n) is 11.0. The first-order chi connectivity index (χ1) is 9.56. The number of rotatable bonds is 2. The topological polar surface area (TPSA) is 47.8 Å². The normalized spacial score (nSPS) is 12.8. The molecule has 3 aromatic rings. The predicted molar refractivity (Wildman–Crippen MR) is 76.6 cm³/mol. The number of fused-ring (bicyclic) bond motifs is 1. The predicted octanol–water partition coefficient (Wildman–Crippen LogP) is 2.91. The van der Waals surface area contributed by atoms with Crippen molar-refractivity contribution in [2.24, 2.45) is 0 Å². The van der Waals surface area contributed by atoms with Gasteiger partial charge in [-0.15, -0.1) is 11.3 Å². The third-order valence-corrected chi connectivity index (χ3v) is 4.29. The van der Waals surface area contributed by atoms with Crippen LogP contribution in [0.15, 0.2) is 34.7 Å². The van der Waals surface area contributed by atoms with E-state index in [1.807, 2.05) is 19.2 Å². The van der Waals surface area contributed by atoms with E-state index < -0.39 is 5.82 Å². The van der Waals surface area contributed by atoms with Gasteiger partial charge in [0.1, 0.15) is 10.8 Å². The standard InChI is InChI=1S/C14H12FN3OS/c1-8-6-20-13(17-8)9(2)18-7-16-12-4-3-10(15)5-11(12)14(18)19/h3-7,9H,1-2H3/t9-/m0/s1. The molecule has 0 fully saturated rings. The van der Waals surface area contributed by atoms with Crippen molar-refractivity contribution in [2.45, 2.75) is 19.9 Å². The Morgan fingerprint density at radius 1 is 1.40 bits per heavy atom. The van der Waals surface area contributed by atoms with Crippen molar-refractivity contribution < 1.29 is 4.39 Å². The molecule has 2 aromatic heterocycles. The summed E-state index contributed by atoms with van der Waals surface area (Å²) in [5.41, 5.74) is 1.16. The largest absolute Gasteiger partial charge is 0.289 e. The first-order valence-corrected chi connectivity index (χ1v) is 7.02. The third kappa shape index (κ3) is 2.12. The Bertz CT molecular complexity index is 840. The number of hydrogen-bond acceptors (Lipinski definition) is 4. The lowest BCUT2D eigenvalue weighted by Crippen LogP contribution is -2.24. The number of nitrogens with zero attached hydrogens (tertiary/aromatic N) is 3. The number of halogens is 1. The van der Waals surface area contributed by atoms with Crippen molar-refractivity contribution in [3.8, 4) is 0 Å². The Labute approximate surface area is 118 Å². The van der Waals surface area contributed by atoms with Crippen molar-refractivity contribution in [3.05, 3.63) is 56.8 Å². The number of thiazole rings is 1. The molecule has 0 unspecified atom stereocenters. The maximum atomic E-state index is 13.3. The van der Waals surface area contributed by atoms with Crippen molar-refractivity contribution in [2.75, 3.05) is 0 Å². The van der Waals surface area contributed by atoms with Gasteiger partial charge in [0.05, 0.1) is 23.3 Å². The highest BCUT2D eigenvalue weighted by molar-refractivity contribution is 7.09. The maximum absolute atomic E-state index is 13.3. The van der Waals surface area contributed by atoms with Gasteiger partial charge < -0.3 is 0 Å². The molecule has 2 heterocycles. The Morgan fingerprint density at radius 3 is 2.90 bits per heavy atom. The first kappa shape index (κ1) is 12.9. The van der Waals surface area contributed by atoms with Crippen molar-refractivity contribution in [3.63, 3.8) is 0 Å². The van der Waals surface area contributed by atoms with E-state index >= 15 is 0 Å². The summed E-state index contributed by atoms with van der Waals surface area (Å²) < 4.78 is 14.8. The first-order valence-electron chi connectivity index (χ1n) is 6.14. The second kappa shape index (κ2) is 4.79. The Morgan fingerprint density at radius 2 is 2.20 bits per heavy atom. The Kier molecular flexibility index (Phi) is 3.10. The Hall–Kier alpha value is -2.08. The molecule has 0 aliphatic carbocycles. The van der Waals surface area contributed by atoms with Crippen LogP contribution >= 0.6 is 11.3 Å². The fraction of sp³-hybridized carbons (Fsp3) is 0.214. The van der Waals surface area contributed by atoms with E-state index in [9.17, 15) is 9.18 Å². The van der Waals surface area contributed by atoms with Crippen LogP contribution in [0, 0.1) is 12.7 Å². The molecule has 0 radical (unpaired) electrons. The number of benzene rings is 1. The van der Waals surface area contributed by atoms with Gasteiger partial charge in [0, 0.05) is 11.1 Å². The van der Waals surface area contributed by atoms with Crippen LogP contribution < -0.4 is 5.56 Å². The lowest BCUT2D eigenvalue weighted by molar-refractivity contribution is 0.602. The lowest BCUT2D eigenvalue weighted by atomic mass is 10.2. The van der Waals surface area contributed by atoms with E-state index in [0.717, 1.165) is 10.7 Å². The fourth-order valence-corrected chi connectivity index (χ4v) is 2.92. The molecule has 0 saturated heterocycles. The molecule has 20 heavy (non-hydrogen) atoms. The SMILES string of the molecule is Cc1csc([C@H](C)n2cnc3ccc(F)cc3c2=O)n1. The Balaban J connectivity index is 2.17. The highest BCUT2D eigenvalue weighted by Crippen LogP contribution is 2.21. The molecule has 6 heteroatoms. The van der Waals surface area contributed by atoms with Crippen LogP contribution in [0.1, 0.15) is 23.7 Å². The average molecular weight is 289 g/mol. The van der Waals surface area contributed by atoms with Crippen LogP contribution in [0.2, 0.25) is 0 Å². The molecule has 1 aromatic carbocycles. The summed E-state index contributed by atoms with van der Waals surface area (Å²) in [5, 5.41) is 3.06. The summed E-state index contributed by atoms with van der Waals surface area (Å²) in [6.07, 6.45) is 1.49. The molecule has 4 nitrogen and oxygen atoms in total. The molecular formula is C14H12FN3OS. The number of aromatic nitrogens is 3. The van der Waals surface area contributed by atoms with E-state index in [1.54, 1.807) is 0 Å². The summed E-state index contributed by atoms with van der Waals surface area (Å²) in [5.74, 6) is -0.438. The fourth-order valence-electron chi connectivity index (χ4n) is 2.07. The minimum Gasteiger partial charge on any atom is -0.289 e. The van der Waals surface area contributed by atoms with E-state index in [1.165, 1.54) is 40.4 Å². The van der Waals surface area contributed by atoms with Gasteiger partial charge in [0.25, 0.3) is 5.56 Å². The average Bonchev–Trinajstić information content (AvgIpc) is 2.86. The molecule has 0 spiro atoms. The zero-order valence-corrected chi connectivity index (χ0v) is 11.8. The molecule has 0 saturated carbocycles. The van der Waals surface area contributed by atoms with Crippen molar-refractivity contribution in [1.82, 2.24) is 14.5 Å².